The molecule has 1 aliphatic carbocycles. The molecule has 0 spiro atoms. The third-order valence-corrected chi connectivity index (χ3v) is 4.42. The topological polar surface area (TPSA) is 0 Å². The molecule has 0 saturated heterocycles. The summed E-state index contributed by atoms with van der Waals surface area (Å²) < 4.78 is 1.58. The molecule has 1 aliphatic rings. The van der Waals surface area contributed by atoms with Crippen LogP contribution in [-0.4, -0.2) is 0 Å². The molecule has 72 valence electrons. The largest absolute Gasteiger partial charge is 0.0697 e. The van der Waals surface area contributed by atoms with Crippen LogP contribution in [0.4, 0.5) is 0 Å². The Morgan fingerprint density at radius 2 is 1.86 bits per heavy atom. The molecule has 0 aromatic heterocycles. The maximum absolute atomic E-state index is 2.54. The van der Waals surface area contributed by atoms with Crippen molar-refractivity contribution >= 4 is 45.2 Å². The van der Waals surface area contributed by atoms with Gasteiger partial charge in [-0.15, -0.1) is 0 Å². The zero-order valence-electron chi connectivity index (χ0n) is 7.58. The normalized spacial score (nSPS) is 26.0. The van der Waals surface area contributed by atoms with E-state index in [9.17, 15) is 0 Å². The Balaban J connectivity index is 2.35. The van der Waals surface area contributed by atoms with Crippen LogP contribution in [0.25, 0.3) is 0 Å². The molecule has 1 unspecified atom stereocenters. The lowest BCUT2D eigenvalue weighted by Crippen LogP contribution is -2.16. The van der Waals surface area contributed by atoms with Gasteiger partial charge >= 0.3 is 0 Å². The van der Waals surface area contributed by atoms with Crippen LogP contribution >= 0.6 is 45.2 Å². The van der Waals surface area contributed by atoms with Crippen LogP contribution in [0.5, 0.6) is 0 Å². The summed E-state index contributed by atoms with van der Waals surface area (Å²) in [5.41, 5.74) is 1.39. The third kappa shape index (κ3) is 2.21. The smallest absolute Gasteiger partial charge is 0.0687 e. The van der Waals surface area contributed by atoms with Gasteiger partial charge in [0, 0.05) is 6.42 Å². The maximum Gasteiger partial charge on any atom is 0.0697 e. The average molecular weight is 408 g/mol. The standard InChI is InChI=1S/C12H10I2/c13-11-7-4-8-12(14,9-11)10-5-2-1-3-6-10/h1-8H,9H2. The van der Waals surface area contributed by atoms with Crippen molar-refractivity contribution in [2.24, 2.45) is 0 Å². The number of rotatable bonds is 1. The molecular formula is C12H10I2. The molecule has 2 rings (SSSR count). The van der Waals surface area contributed by atoms with E-state index in [0.717, 1.165) is 6.42 Å². The number of hydrogen-bond donors (Lipinski definition) is 0. The zero-order chi connectivity index (χ0) is 10.0. The van der Waals surface area contributed by atoms with E-state index in [0.29, 0.717) is 0 Å². The first-order valence-corrected chi connectivity index (χ1v) is 6.65. The van der Waals surface area contributed by atoms with Crippen molar-refractivity contribution in [3.05, 3.63) is 57.7 Å². The second-order valence-corrected chi connectivity index (χ2v) is 6.69. The van der Waals surface area contributed by atoms with E-state index in [1.165, 1.54) is 9.14 Å². The van der Waals surface area contributed by atoms with Crippen LogP contribution in [0.1, 0.15) is 12.0 Å². The molecule has 1 aromatic carbocycles. The fraction of sp³-hybridized carbons (Fsp3) is 0.167. The van der Waals surface area contributed by atoms with Crippen LogP contribution < -0.4 is 0 Å². The van der Waals surface area contributed by atoms with Crippen molar-refractivity contribution < 1.29 is 0 Å². The van der Waals surface area contributed by atoms with Gasteiger partial charge in [-0.25, -0.2) is 0 Å². The van der Waals surface area contributed by atoms with Crippen molar-refractivity contribution in [2.75, 3.05) is 0 Å². The van der Waals surface area contributed by atoms with Crippen LogP contribution in [0.2, 0.25) is 0 Å². The molecule has 0 nitrogen and oxygen atoms in total. The minimum atomic E-state index is 0.157. The van der Waals surface area contributed by atoms with Gasteiger partial charge in [-0.3, -0.25) is 0 Å². The highest BCUT2D eigenvalue weighted by Crippen LogP contribution is 2.43. The Kier molecular flexibility index (Phi) is 3.31. The van der Waals surface area contributed by atoms with E-state index in [2.05, 4.69) is 93.7 Å². The second-order valence-electron chi connectivity index (χ2n) is 3.38. The van der Waals surface area contributed by atoms with Crippen LogP contribution in [0.3, 0.4) is 0 Å². The van der Waals surface area contributed by atoms with Crippen LogP contribution in [-0.2, 0) is 3.42 Å². The Morgan fingerprint density at radius 3 is 2.50 bits per heavy atom. The predicted octanol–water partition coefficient (Wildman–Crippen LogP) is 4.60. The molecule has 0 radical (unpaired) electrons. The van der Waals surface area contributed by atoms with Gasteiger partial charge < -0.3 is 0 Å². The predicted molar refractivity (Wildman–Crippen MR) is 78.0 cm³/mol. The summed E-state index contributed by atoms with van der Waals surface area (Å²) in [6.07, 6.45) is 7.73. The van der Waals surface area contributed by atoms with E-state index in [1.54, 1.807) is 0 Å². The number of halogens is 2. The maximum atomic E-state index is 2.54. The SMILES string of the molecule is IC1=CC=CC(I)(c2ccccc2)C1. The van der Waals surface area contributed by atoms with Gasteiger partial charge in [0.15, 0.2) is 0 Å². The lowest BCUT2D eigenvalue weighted by Gasteiger charge is -2.26. The summed E-state index contributed by atoms with van der Waals surface area (Å²) in [5.74, 6) is 0. The van der Waals surface area contributed by atoms with Gasteiger partial charge in [-0.05, 0) is 31.7 Å². The van der Waals surface area contributed by atoms with Crippen molar-refractivity contribution in [3.63, 3.8) is 0 Å². The highest BCUT2D eigenvalue weighted by molar-refractivity contribution is 14.1. The van der Waals surface area contributed by atoms with Gasteiger partial charge in [0.05, 0.1) is 3.42 Å². The van der Waals surface area contributed by atoms with Gasteiger partial charge in [0.1, 0.15) is 0 Å². The fourth-order valence-electron chi connectivity index (χ4n) is 1.58. The quantitative estimate of drug-likeness (QED) is 0.471. The molecular weight excluding hydrogens is 398 g/mol. The molecule has 0 amide bonds. The summed E-state index contributed by atoms with van der Waals surface area (Å²) in [4.78, 5) is 0. The van der Waals surface area contributed by atoms with E-state index in [1.807, 2.05) is 0 Å². The molecule has 0 fully saturated rings. The first-order valence-electron chi connectivity index (χ1n) is 4.49. The monoisotopic (exact) mass is 408 g/mol. The van der Waals surface area contributed by atoms with Crippen molar-refractivity contribution in [2.45, 2.75) is 9.84 Å². The molecule has 0 heterocycles. The van der Waals surface area contributed by atoms with E-state index >= 15 is 0 Å². The van der Waals surface area contributed by atoms with E-state index < -0.39 is 0 Å². The Hall–Kier alpha value is 0.160. The first-order chi connectivity index (χ1) is 6.71. The van der Waals surface area contributed by atoms with Crippen molar-refractivity contribution in [1.82, 2.24) is 0 Å². The molecule has 14 heavy (non-hydrogen) atoms. The van der Waals surface area contributed by atoms with Crippen LogP contribution in [0.15, 0.2) is 52.1 Å². The number of alkyl halides is 1. The number of hydrogen-bond acceptors (Lipinski definition) is 0. The molecule has 2 heteroatoms. The Morgan fingerprint density at radius 1 is 1.14 bits per heavy atom. The summed E-state index contributed by atoms with van der Waals surface area (Å²) >= 11 is 4.95. The highest BCUT2D eigenvalue weighted by atomic mass is 127. The Bertz CT molecular complexity index is 379. The highest BCUT2D eigenvalue weighted by Gasteiger charge is 2.27. The lowest BCUT2D eigenvalue weighted by molar-refractivity contribution is 0.814. The zero-order valence-corrected chi connectivity index (χ0v) is 11.9. The van der Waals surface area contributed by atoms with Gasteiger partial charge in [-0.2, -0.15) is 0 Å². The molecule has 0 aliphatic heterocycles. The third-order valence-electron chi connectivity index (χ3n) is 2.32. The van der Waals surface area contributed by atoms with Crippen molar-refractivity contribution in [3.8, 4) is 0 Å². The van der Waals surface area contributed by atoms with Crippen molar-refractivity contribution in [1.29, 1.82) is 0 Å². The summed E-state index contributed by atoms with van der Waals surface area (Å²) in [6, 6.07) is 10.7. The molecule has 1 atom stereocenters. The van der Waals surface area contributed by atoms with Gasteiger partial charge in [-0.1, -0.05) is 71.2 Å². The lowest BCUT2D eigenvalue weighted by atomic mass is 9.92. The second kappa shape index (κ2) is 4.35. The molecule has 0 N–H and O–H groups in total. The Labute approximate surface area is 112 Å². The number of benzene rings is 1. The average Bonchev–Trinajstić information content (AvgIpc) is 2.19. The van der Waals surface area contributed by atoms with E-state index in [4.69, 9.17) is 0 Å². The molecule has 1 aromatic rings. The van der Waals surface area contributed by atoms with Gasteiger partial charge in [0.2, 0.25) is 0 Å². The first kappa shape index (κ1) is 10.7. The minimum Gasteiger partial charge on any atom is -0.0687 e. The van der Waals surface area contributed by atoms with E-state index in [-0.39, 0.29) is 3.42 Å². The summed E-state index contributed by atoms with van der Waals surface area (Å²) in [7, 11) is 0. The van der Waals surface area contributed by atoms with Gasteiger partial charge in [0.25, 0.3) is 0 Å². The number of allylic oxidation sites excluding steroid dienone is 4. The molecule has 0 bridgehead atoms. The summed E-state index contributed by atoms with van der Waals surface area (Å²) in [6.45, 7) is 0. The minimum absolute atomic E-state index is 0.157. The molecule has 0 saturated carbocycles. The summed E-state index contributed by atoms with van der Waals surface area (Å²) in [5, 5.41) is 0. The van der Waals surface area contributed by atoms with Crippen LogP contribution in [0, 0.1) is 0 Å². The fourth-order valence-corrected chi connectivity index (χ4v) is 4.10.